The Morgan fingerprint density at radius 3 is 2.16 bits per heavy atom. The number of nitrogens with one attached hydrogen (secondary N) is 1. The van der Waals surface area contributed by atoms with Crippen molar-refractivity contribution in [3.05, 3.63) is 61.5 Å². The summed E-state index contributed by atoms with van der Waals surface area (Å²) in [6.45, 7) is 3.38. The van der Waals surface area contributed by atoms with Gasteiger partial charge in [-0.1, -0.05) is 65.3 Å². The molecule has 0 saturated carbocycles. The standard InChI is InChI=1S/C23H30Cl4N2O3/c24-18-6-5-7-19(25)17(18)15-32-11-10-31-9-4-2-1-3-8-29-14-22(30)16-12-20(26)23(28)21(27)13-16/h5-7,12-13,22,29-30H,1-4,8-11,14-15,28H2. The number of hydrogen-bond acceptors (Lipinski definition) is 5. The lowest BCUT2D eigenvalue weighted by Gasteiger charge is -2.14. The summed E-state index contributed by atoms with van der Waals surface area (Å²) in [5.74, 6) is 0. The molecule has 178 valence electrons. The maximum atomic E-state index is 10.3. The van der Waals surface area contributed by atoms with Gasteiger partial charge in [0, 0.05) is 28.8 Å². The van der Waals surface area contributed by atoms with Crippen LogP contribution >= 0.6 is 46.4 Å². The van der Waals surface area contributed by atoms with Crippen molar-refractivity contribution in [2.45, 2.75) is 38.4 Å². The second-order valence-corrected chi connectivity index (χ2v) is 9.03. The predicted molar refractivity (Wildman–Crippen MR) is 134 cm³/mol. The Kier molecular flexibility index (Phi) is 13.1. The van der Waals surface area contributed by atoms with Gasteiger partial charge in [-0.05, 0) is 49.2 Å². The zero-order chi connectivity index (χ0) is 23.3. The third kappa shape index (κ3) is 9.62. The molecular formula is C23H30Cl4N2O3. The first-order valence-corrected chi connectivity index (χ1v) is 12.1. The van der Waals surface area contributed by atoms with Crippen LogP contribution in [0.4, 0.5) is 5.69 Å². The highest BCUT2D eigenvalue weighted by molar-refractivity contribution is 6.39. The van der Waals surface area contributed by atoms with Gasteiger partial charge >= 0.3 is 0 Å². The van der Waals surface area contributed by atoms with Crippen LogP contribution in [0, 0.1) is 0 Å². The molecule has 32 heavy (non-hydrogen) atoms. The molecule has 0 saturated heterocycles. The summed E-state index contributed by atoms with van der Waals surface area (Å²) in [6.07, 6.45) is 3.52. The van der Waals surface area contributed by atoms with Gasteiger partial charge in [-0.25, -0.2) is 0 Å². The van der Waals surface area contributed by atoms with Crippen LogP contribution in [0.2, 0.25) is 20.1 Å². The third-order valence-electron chi connectivity index (χ3n) is 4.90. The molecule has 9 heteroatoms. The quantitative estimate of drug-likeness (QED) is 0.188. The normalized spacial score (nSPS) is 12.3. The van der Waals surface area contributed by atoms with Gasteiger partial charge in [0.05, 0.1) is 41.7 Å². The van der Waals surface area contributed by atoms with Gasteiger partial charge in [0.1, 0.15) is 0 Å². The Morgan fingerprint density at radius 2 is 1.47 bits per heavy atom. The van der Waals surface area contributed by atoms with Crippen molar-refractivity contribution < 1.29 is 14.6 Å². The summed E-state index contributed by atoms with van der Waals surface area (Å²) in [4.78, 5) is 0. The van der Waals surface area contributed by atoms with E-state index in [1.807, 2.05) is 6.07 Å². The minimum atomic E-state index is -0.685. The van der Waals surface area contributed by atoms with E-state index < -0.39 is 6.10 Å². The topological polar surface area (TPSA) is 76.7 Å². The average molecular weight is 524 g/mol. The number of hydrogen-bond donors (Lipinski definition) is 3. The number of benzene rings is 2. The summed E-state index contributed by atoms with van der Waals surface area (Å²) < 4.78 is 11.2. The van der Waals surface area contributed by atoms with E-state index in [1.54, 1.807) is 24.3 Å². The molecule has 1 unspecified atom stereocenters. The maximum absolute atomic E-state index is 10.3. The number of unbranched alkanes of at least 4 members (excludes halogenated alkanes) is 3. The summed E-state index contributed by atoms with van der Waals surface area (Å²) in [7, 11) is 0. The molecule has 0 radical (unpaired) electrons. The first-order chi connectivity index (χ1) is 15.4. The smallest absolute Gasteiger partial charge is 0.0915 e. The van der Waals surface area contributed by atoms with Crippen molar-refractivity contribution in [1.82, 2.24) is 5.32 Å². The lowest BCUT2D eigenvalue weighted by Crippen LogP contribution is -2.22. The monoisotopic (exact) mass is 522 g/mol. The zero-order valence-corrected chi connectivity index (χ0v) is 20.9. The average Bonchev–Trinajstić information content (AvgIpc) is 2.76. The number of anilines is 1. The molecule has 5 nitrogen and oxygen atoms in total. The largest absolute Gasteiger partial charge is 0.396 e. The fraction of sp³-hybridized carbons (Fsp3) is 0.478. The van der Waals surface area contributed by atoms with Crippen molar-refractivity contribution in [2.24, 2.45) is 0 Å². The maximum Gasteiger partial charge on any atom is 0.0915 e. The van der Waals surface area contributed by atoms with Gasteiger partial charge in [0.15, 0.2) is 0 Å². The lowest BCUT2D eigenvalue weighted by molar-refractivity contribution is 0.0393. The molecule has 0 heterocycles. The zero-order valence-electron chi connectivity index (χ0n) is 17.9. The summed E-state index contributed by atoms with van der Waals surface area (Å²) >= 11 is 24.2. The highest BCUT2D eigenvalue weighted by Crippen LogP contribution is 2.31. The van der Waals surface area contributed by atoms with Crippen molar-refractivity contribution in [3.8, 4) is 0 Å². The Hall–Kier alpha value is -0.760. The van der Waals surface area contributed by atoms with Crippen molar-refractivity contribution in [3.63, 3.8) is 0 Å². The van der Waals surface area contributed by atoms with Crippen molar-refractivity contribution in [1.29, 1.82) is 0 Å². The van der Waals surface area contributed by atoms with E-state index in [1.165, 1.54) is 0 Å². The van der Waals surface area contributed by atoms with E-state index in [0.717, 1.165) is 37.8 Å². The number of nitrogens with two attached hydrogens (primary N) is 1. The number of aliphatic hydroxyl groups is 1. The van der Waals surface area contributed by atoms with E-state index in [4.69, 9.17) is 61.6 Å². The van der Waals surface area contributed by atoms with Crippen LogP contribution in [-0.4, -0.2) is 38.0 Å². The second kappa shape index (κ2) is 15.2. The number of nitrogen functional groups attached to an aromatic ring is 1. The highest BCUT2D eigenvalue weighted by atomic mass is 35.5. The van der Waals surface area contributed by atoms with Gasteiger partial charge in [-0.3, -0.25) is 0 Å². The van der Waals surface area contributed by atoms with E-state index in [9.17, 15) is 5.11 Å². The van der Waals surface area contributed by atoms with E-state index in [0.29, 0.717) is 64.3 Å². The molecule has 1 atom stereocenters. The van der Waals surface area contributed by atoms with Gasteiger partial charge in [0.2, 0.25) is 0 Å². The fourth-order valence-electron chi connectivity index (χ4n) is 3.02. The van der Waals surface area contributed by atoms with E-state index in [-0.39, 0.29) is 0 Å². The van der Waals surface area contributed by atoms with E-state index in [2.05, 4.69) is 5.32 Å². The predicted octanol–water partition coefficient (Wildman–Crippen LogP) is 6.30. The molecule has 4 N–H and O–H groups in total. The molecule has 0 spiro atoms. The summed E-state index contributed by atoms with van der Waals surface area (Å²) in [6, 6.07) is 8.70. The summed E-state index contributed by atoms with van der Waals surface area (Å²) in [5, 5.41) is 15.4. The van der Waals surface area contributed by atoms with Crippen LogP contribution in [-0.2, 0) is 16.1 Å². The van der Waals surface area contributed by atoms with Crippen molar-refractivity contribution >= 4 is 52.1 Å². The van der Waals surface area contributed by atoms with Crippen LogP contribution in [0.5, 0.6) is 0 Å². The van der Waals surface area contributed by atoms with Gasteiger partial charge in [-0.15, -0.1) is 0 Å². The Bertz CT molecular complexity index is 796. The number of ether oxygens (including phenoxy) is 2. The van der Waals surface area contributed by atoms with Crippen molar-refractivity contribution in [2.75, 3.05) is 38.6 Å². The van der Waals surface area contributed by atoms with Crippen LogP contribution in [0.25, 0.3) is 0 Å². The molecule has 2 rings (SSSR count). The van der Waals surface area contributed by atoms with E-state index >= 15 is 0 Å². The molecule has 2 aromatic rings. The van der Waals surface area contributed by atoms with Crippen LogP contribution in [0.1, 0.15) is 42.9 Å². The number of rotatable bonds is 15. The van der Waals surface area contributed by atoms with Crippen LogP contribution < -0.4 is 11.1 Å². The summed E-state index contributed by atoms with van der Waals surface area (Å²) in [5.41, 5.74) is 7.50. The molecule has 0 bridgehead atoms. The molecule has 0 aromatic heterocycles. The molecular weight excluding hydrogens is 494 g/mol. The molecule has 0 aliphatic carbocycles. The highest BCUT2D eigenvalue weighted by Gasteiger charge is 2.12. The van der Waals surface area contributed by atoms with Crippen LogP contribution in [0.15, 0.2) is 30.3 Å². The Morgan fingerprint density at radius 1 is 0.844 bits per heavy atom. The fourth-order valence-corrected chi connectivity index (χ4v) is 4.04. The van der Waals surface area contributed by atoms with Gasteiger partial charge in [-0.2, -0.15) is 0 Å². The SMILES string of the molecule is Nc1c(Cl)cc(C(O)CNCCCCCCOCCOCc2c(Cl)cccc2Cl)cc1Cl. The molecule has 0 aliphatic heterocycles. The Labute approximate surface area is 210 Å². The van der Waals surface area contributed by atoms with Gasteiger partial charge < -0.3 is 25.6 Å². The van der Waals surface area contributed by atoms with Gasteiger partial charge in [0.25, 0.3) is 0 Å². The first-order valence-electron chi connectivity index (χ1n) is 10.6. The number of aliphatic hydroxyl groups excluding tert-OH is 1. The molecule has 0 aliphatic rings. The first kappa shape index (κ1) is 27.5. The molecule has 0 fully saturated rings. The minimum Gasteiger partial charge on any atom is -0.396 e. The lowest BCUT2D eigenvalue weighted by atomic mass is 10.1. The second-order valence-electron chi connectivity index (χ2n) is 7.40. The third-order valence-corrected chi connectivity index (χ3v) is 6.23. The Balaban J connectivity index is 1.42. The van der Waals surface area contributed by atoms with Crippen LogP contribution in [0.3, 0.4) is 0 Å². The molecule has 0 amide bonds. The molecule has 2 aromatic carbocycles. The minimum absolute atomic E-state index is 0.329. The number of halogens is 4.